The lowest BCUT2D eigenvalue weighted by molar-refractivity contribution is 0.340. The number of hydrogen-bond donors (Lipinski definition) is 1. The third-order valence-corrected chi connectivity index (χ3v) is 5.22. The predicted octanol–water partition coefficient (Wildman–Crippen LogP) is 3.52. The van der Waals surface area contributed by atoms with Crippen LogP contribution in [0.4, 0.5) is 0 Å². The lowest BCUT2D eigenvalue weighted by Crippen LogP contribution is -2.11. The van der Waals surface area contributed by atoms with E-state index in [1.807, 2.05) is 36.6 Å². The first-order valence-corrected chi connectivity index (χ1v) is 9.72. The zero-order chi connectivity index (χ0) is 17.2. The van der Waals surface area contributed by atoms with Crippen LogP contribution in [0.1, 0.15) is 6.92 Å². The van der Waals surface area contributed by atoms with Crippen molar-refractivity contribution in [3.8, 4) is 27.6 Å². The second kappa shape index (κ2) is 6.72. The molecule has 24 heavy (non-hydrogen) atoms. The van der Waals surface area contributed by atoms with Crippen molar-refractivity contribution in [3.63, 3.8) is 0 Å². The lowest BCUT2D eigenvalue weighted by Gasteiger charge is -2.03. The van der Waals surface area contributed by atoms with Gasteiger partial charge in [-0.15, -0.1) is 11.3 Å². The number of thiazole rings is 1. The molecule has 0 fully saturated rings. The van der Waals surface area contributed by atoms with E-state index in [1.165, 1.54) is 23.5 Å². The van der Waals surface area contributed by atoms with Gasteiger partial charge in [0, 0.05) is 16.5 Å². The molecule has 3 rings (SSSR count). The second-order valence-electron chi connectivity index (χ2n) is 5.06. The molecule has 0 saturated carbocycles. The van der Waals surface area contributed by atoms with Gasteiger partial charge in [-0.3, -0.25) is 0 Å². The van der Waals surface area contributed by atoms with Gasteiger partial charge < -0.3 is 4.74 Å². The molecule has 0 spiro atoms. The third kappa shape index (κ3) is 3.64. The van der Waals surface area contributed by atoms with Crippen LogP contribution in [0.15, 0.2) is 58.8 Å². The van der Waals surface area contributed by atoms with Crippen LogP contribution in [-0.4, -0.2) is 20.0 Å². The average Bonchev–Trinajstić information content (AvgIpc) is 3.05. The second-order valence-corrected chi connectivity index (χ2v) is 7.48. The molecule has 0 aliphatic carbocycles. The van der Waals surface area contributed by atoms with Gasteiger partial charge in [0.25, 0.3) is 0 Å². The van der Waals surface area contributed by atoms with Crippen LogP contribution in [-0.2, 0) is 10.0 Å². The van der Waals surface area contributed by atoms with E-state index >= 15 is 0 Å². The van der Waals surface area contributed by atoms with E-state index in [2.05, 4.69) is 4.98 Å². The zero-order valence-corrected chi connectivity index (χ0v) is 14.6. The molecule has 1 heterocycles. The molecule has 124 valence electrons. The first-order chi connectivity index (χ1) is 11.5. The molecular formula is C17H16N2O3S2. The summed E-state index contributed by atoms with van der Waals surface area (Å²) < 4.78 is 28.0. The number of ether oxygens (including phenoxy) is 1. The molecule has 2 aromatic carbocycles. The van der Waals surface area contributed by atoms with Crippen molar-refractivity contribution in [2.75, 3.05) is 6.61 Å². The molecule has 0 unspecified atom stereocenters. The smallest absolute Gasteiger partial charge is 0.238 e. The maximum absolute atomic E-state index is 11.3. The molecule has 0 radical (unpaired) electrons. The summed E-state index contributed by atoms with van der Waals surface area (Å²) in [6.07, 6.45) is 0. The standard InChI is InChI=1S/C17H16N2O3S2/c1-2-22-14-7-3-13(4-8-14)17-19-16(11-23-17)12-5-9-15(10-6-12)24(18,20)21/h3-11H,2H2,1H3,(H2,18,20,21). The van der Waals surface area contributed by atoms with Crippen LogP contribution in [0.3, 0.4) is 0 Å². The Labute approximate surface area is 144 Å². The molecule has 0 amide bonds. The van der Waals surface area contributed by atoms with Gasteiger partial charge in [-0.05, 0) is 43.3 Å². The fourth-order valence-corrected chi connectivity index (χ4v) is 3.57. The molecule has 3 aromatic rings. The number of aromatic nitrogens is 1. The monoisotopic (exact) mass is 360 g/mol. The van der Waals surface area contributed by atoms with Gasteiger partial charge in [-0.2, -0.15) is 0 Å². The maximum Gasteiger partial charge on any atom is 0.238 e. The Morgan fingerprint density at radius 3 is 2.25 bits per heavy atom. The first-order valence-electron chi connectivity index (χ1n) is 7.29. The van der Waals surface area contributed by atoms with Gasteiger partial charge >= 0.3 is 0 Å². The number of primary sulfonamides is 1. The van der Waals surface area contributed by atoms with Gasteiger partial charge in [0.15, 0.2) is 0 Å². The fraction of sp³-hybridized carbons (Fsp3) is 0.118. The Hall–Kier alpha value is -2.22. The van der Waals surface area contributed by atoms with Gasteiger partial charge in [-0.25, -0.2) is 18.5 Å². The Balaban J connectivity index is 1.85. The summed E-state index contributed by atoms with van der Waals surface area (Å²) in [6.45, 7) is 2.58. The van der Waals surface area contributed by atoms with Gasteiger partial charge in [0.1, 0.15) is 10.8 Å². The molecule has 0 aliphatic heterocycles. The predicted molar refractivity (Wildman–Crippen MR) is 95.5 cm³/mol. The summed E-state index contributed by atoms with van der Waals surface area (Å²) in [6, 6.07) is 14.2. The number of nitrogens with two attached hydrogens (primary N) is 1. The van der Waals surface area contributed by atoms with Crippen LogP contribution in [0.25, 0.3) is 21.8 Å². The average molecular weight is 360 g/mol. The van der Waals surface area contributed by atoms with E-state index in [-0.39, 0.29) is 4.90 Å². The van der Waals surface area contributed by atoms with Crippen molar-refractivity contribution in [1.29, 1.82) is 0 Å². The highest BCUT2D eigenvalue weighted by molar-refractivity contribution is 7.89. The van der Waals surface area contributed by atoms with Gasteiger partial charge in [0.2, 0.25) is 10.0 Å². The van der Waals surface area contributed by atoms with E-state index in [9.17, 15) is 8.42 Å². The normalized spacial score (nSPS) is 11.4. The summed E-state index contributed by atoms with van der Waals surface area (Å²) in [7, 11) is -3.68. The molecule has 5 nitrogen and oxygen atoms in total. The topological polar surface area (TPSA) is 82.3 Å². The minimum atomic E-state index is -3.68. The molecule has 2 N–H and O–H groups in total. The summed E-state index contributed by atoms with van der Waals surface area (Å²) in [4.78, 5) is 4.71. The first kappa shape index (κ1) is 16.6. The molecule has 1 aromatic heterocycles. The summed E-state index contributed by atoms with van der Waals surface area (Å²) in [5.74, 6) is 0.830. The van der Waals surface area contributed by atoms with E-state index < -0.39 is 10.0 Å². The minimum absolute atomic E-state index is 0.0909. The number of sulfonamides is 1. The number of rotatable bonds is 5. The van der Waals surface area contributed by atoms with Crippen molar-refractivity contribution in [2.45, 2.75) is 11.8 Å². The summed E-state index contributed by atoms with van der Waals surface area (Å²) in [5, 5.41) is 7.94. The maximum atomic E-state index is 11.3. The van der Waals surface area contributed by atoms with Crippen LogP contribution in [0.5, 0.6) is 5.75 Å². The van der Waals surface area contributed by atoms with Crippen LogP contribution in [0.2, 0.25) is 0 Å². The zero-order valence-electron chi connectivity index (χ0n) is 13.0. The van der Waals surface area contributed by atoms with Crippen molar-refractivity contribution in [2.24, 2.45) is 5.14 Å². The summed E-state index contributed by atoms with van der Waals surface area (Å²) >= 11 is 1.53. The quantitative estimate of drug-likeness (QED) is 0.755. The van der Waals surface area contributed by atoms with E-state index in [0.29, 0.717) is 6.61 Å². The van der Waals surface area contributed by atoms with Crippen molar-refractivity contribution >= 4 is 21.4 Å². The van der Waals surface area contributed by atoms with Crippen LogP contribution >= 0.6 is 11.3 Å². The minimum Gasteiger partial charge on any atom is -0.494 e. The molecular weight excluding hydrogens is 344 g/mol. The van der Waals surface area contributed by atoms with Crippen molar-refractivity contribution in [1.82, 2.24) is 4.98 Å². The van der Waals surface area contributed by atoms with Crippen molar-refractivity contribution in [3.05, 3.63) is 53.9 Å². The number of hydrogen-bond acceptors (Lipinski definition) is 5. The van der Waals surface area contributed by atoms with Crippen LogP contribution in [0, 0.1) is 0 Å². The molecule has 0 bridgehead atoms. The molecule has 0 atom stereocenters. The number of benzene rings is 2. The highest BCUT2D eigenvalue weighted by atomic mass is 32.2. The lowest BCUT2D eigenvalue weighted by atomic mass is 10.2. The molecule has 0 saturated heterocycles. The Morgan fingerprint density at radius 2 is 1.67 bits per heavy atom. The largest absolute Gasteiger partial charge is 0.494 e. The summed E-state index contributed by atoms with van der Waals surface area (Å²) in [5.41, 5.74) is 2.65. The number of nitrogens with zero attached hydrogens (tertiary/aromatic N) is 1. The highest BCUT2D eigenvalue weighted by Gasteiger charge is 2.10. The molecule has 7 heteroatoms. The Bertz CT molecular complexity index is 931. The van der Waals surface area contributed by atoms with E-state index in [4.69, 9.17) is 9.88 Å². The van der Waals surface area contributed by atoms with Gasteiger partial charge in [-0.1, -0.05) is 12.1 Å². The van der Waals surface area contributed by atoms with Crippen LogP contribution < -0.4 is 9.88 Å². The SMILES string of the molecule is CCOc1ccc(-c2nc(-c3ccc(S(N)(=O)=O)cc3)cs2)cc1. The Morgan fingerprint density at radius 1 is 1.04 bits per heavy atom. The van der Waals surface area contributed by atoms with Gasteiger partial charge in [0.05, 0.1) is 17.2 Å². The van der Waals surface area contributed by atoms with Crippen molar-refractivity contribution < 1.29 is 13.2 Å². The fourth-order valence-electron chi connectivity index (χ4n) is 2.21. The van der Waals surface area contributed by atoms with E-state index in [1.54, 1.807) is 12.1 Å². The molecule has 0 aliphatic rings. The third-order valence-electron chi connectivity index (χ3n) is 3.40. The van der Waals surface area contributed by atoms with E-state index in [0.717, 1.165) is 27.6 Å². The Kier molecular flexibility index (Phi) is 4.66. The highest BCUT2D eigenvalue weighted by Crippen LogP contribution is 2.30.